The zero-order valence-electron chi connectivity index (χ0n) is 12.2. The Bertz CT molecular complexity index is 566. The fraction of sp³-hybridized carbons (Fsp3) is 0.278. The molecule has 0 aliphatic heterocycles. The van der Waals surface area contributed by atoms with Gasteiger partial charge in [-0.1, -0.05) is 42.5 Å². The van der Waals surface area contributed by atoms with Gasteiger partial charge in [-0.05, 0) is 42.5 Å². The highest BCUT2D eigenvalue weighted by Gasteiger charge is 2.02. The van der Waals surface area contributed by atoms with Gasteiger partial charge in [0, 0.05) is 18.7 Å². The second kappa shape index (κ2) is 8.22. The number of amides is 1. The van der Waals surface area contributed by atoms with Crippen molar-refractivity contribution in [3.05, 3.63) is 65.7 Å². The molecule has 21 heavy (non-hydrogen) atoms. The van der Waals surface area contributed by atoms with Crippen molar-refractivity contribution in [1.82, 2.24) is 0 Å². The molecule has 2 aromatic carbocycles. The third-order valence-corrected chi connectivity index (χ3v) is 3.36. The summed E-state index contributed by atoms with van der Waals surface area (Å²) in [7, 11) is 0. The minimum atomic E-state index is -0.0288. The van der Waals surface area contributed by atoms with Crippen molar-refractivity contribution in [2.45, 2.75) is 25.7 Å². The van der Waals surface area contributed by atoms with Crippen LogP contribution in [0.3, 0.4) is 0 Å². The molecule has 0 saturated heterocycles. The second-order valence-electron chi connectivity index (χ2n) is 5.13. The number of rotatable bonds is 7. The summed E-state index contributed by atoms with van der Waals surface area (Å²) >= 11 is 0. The lowest BCUT2D eigenvalue weighted by molar-refractivity contribution is -0.116. The lowest BCUT2D eigenvalue weighted by atomic mass is 10.0. The Kier molecular flexibility index (Phi) is 5.98. The van der Waals surface area contributed by atoms with Gasteiger partial charge in [0.05, 0.1) is 0 Å². The lowest BCUT2D eigenvalue weighted by Crippen LogP contribution is -2.16. The van der Waals surface area contributed by atoms with E-state index < -0.39 is 0 Å². The molecule has 0 aliphatic carbocycles. The summed E-state index contributed by atoms with van der Waals surface area (Å²) in [5, 5.41) is 2.87. The van der Waals surface area contributed by atoms with E-state index in [0.717, 1.165) is 24.9 Å². The number of benzene rings is 2. The van der Waals surface area contributed by atoms with Crippen LogP contribution in [0, 0.1) is 0 Å². The number of carbonyl (C=O) groups excluding carboxylic acids is 1. The van der Waals surface area contributed by atoms with E-state index in [1.807, 2.05) is 24.3 Å². The molecular formula is C18H22N2O. The number of anilines is 1. The Morgan fingerprint density at radius 3 is 2.43 bits per heavy atom. The molecule has 0 aromatic heterocycles. The summed E-state index contributed by atoms with van der Waals surface area (Å²) in [4.78, 5) is 11.5. The number of nitrogens with two attached hydrogens (primary N) is 1. The largest absolute Gasteiger partial charge is 0.330 e. The standard InChI is InChI=1S/C18H22N2O/c19-13-12-18(21)20-17-11-5-10-16(14-17)9-4-8-15-6-2-1-3-7-15/h1-3,5-7,10-11,14H,4,8-9,12-13,19H2,(H,20,21). The van der Waals surface area contributed by atoms with Gasteiger partial charge in [-0.15, -0.1) is 0 Å². The smallest absolute Gasteiger partial charge is 0.225 e. The summed E-state index contributed by atoms with van der Waals surface area (Å²) in [6.07, 6.45) is 3.54. The molecule has 3 nitrogen and oxygen atoms in total. The highest BCUT2D eigenvalue weighted by Crippen LogP contribution is 2.14. The van der Waals surface area contributed by atoms with E-state index in [-0.39, 0.29) is 5.91 Å². The van der Waals surface area contributed by atoms with Gasteiger partial charge in [-0.2, -0.15) is 0 Å². The van der Waals surface area contributed by atoms with E-state index in [2.05, 4.69) is 35.6 Å². The molecule has 0 saturated carbocycles. The van der Waals surface area contributed by atoms with Crippen molar-refractivity contribution in [1.29, 1.82) is 0 Å². The molecule has 0 bridgehead atoms. The molecule has 0 unspecified atom stereocenters. The molecule has 2 rings (SSSR count). The van der Waals surface area contributed by atoms with Gasteiger partial charge >= 0.3 is 0 Å². The SMILES string of the molecule is NCCC(=O)Nc1cccc(CCCc2ccccc2)c1. The van der Waals surface area contributed by atoms with Crippen molar-refractivity contribution in [3.8, 4) is 0 Å². The van der Waals surface area contributed by atoms with E-state index in [9.17, 15) is 4.79 Å². The zero-order valence-corrected chi connectivity index (χ0v) is 12.2. The highest BCUT2D eigenvalue weighted by atomic mass is 16.1. The maximum Gasteiger partial charge on any atom is 0.225 e. The summed E-state index contributed by atoms with van der Waals surface area (Å²) in [5.41, 5.74) is 8.84. The van der Waals surface area contributed by atoms with Crippen LogP contribution < -0.4 is 11.1 Å². The minimum absolute atomic E-state index is 0.0288. The van der Waals surface area contributed by atoms with Crippen LogP contribution in [0.5, 0.6) is 0 Å². The predicted molar refractivity (Wildman–Crippen MR) is 87.2 cm³/mol. The Morgan fingerprint density at radius 1 is 0.952 bits per heavy atom. The summed E-state index contributed by atoms with van der Waals surface area (Å²) < 4.78 is 0. The van der Waals surface area contributed by atoms with Crippen LogP contribution in [0.25, 0.3) is 0 Å². The van der Waals surface area contributed by atoms with Crippen molar-refractivity contribution in [3.63, 3.8) is 0 Å². The molecule has 0 heterocycles. The fourth-order valence-corrected chi connectivity index (χ4v) is 2.30. The first-order valence-corrected chi connectivity index (χ1v) is 7.41. The Labute approximate surface area is 126 Å². The van der Waals surface area contributed by atoms with E-state index in [0.29, 0.717) is 13.0 Å². The molecule has 0 radical (unpaired) electrons. The van der Waals surface area contributed by atoms with E-state index in [1.54, 1.807) is 0 Å². The van der Waals surface area contributed by atoms with Crippen molar-refractivity contribution in [2.24, 2.45) is 5.73 Å². The van der Waals surface area contributed by atoms with Gasteiger partial charge < -0.3 is 11.1 Å². The first-order chi connectivity index (χ1) is 10.3. The molecule has 0 aliphatic rings. The summed E-state index contributed by atoms with van der Waals surface area (Å²) in [6.45, 7) is 0.378. The Balaban J connectivity index is 1.85. The number of hydrogen-bond acceptors (Lipinski definition) is 2. The van der Waals surface area contributed by atoms with Crippen molar-refractivity contribution in [2.75, 3.05) is 11.9 Å². The topological polar surface area (TPSA) is 55.1 Å². The van der Waals surface area contributed by atoms with Crippen LogP contribution >= 0.6 is 0 Å². The van der Waals surface area contributed by atoms with E-state index >= 15 is 0 Å². The zero-order chi connectivity index (χ0) is 14.9. The average molecular weight is 282 g/mol. The van der Waals surface area contributed by atoms with Crippen molar-refractivity contribution < 1.29 is 4.79 Å². The van der Waals surface area contributed by atoms with Crippen LogP contribution in [0.1, 0.15) is 24.0 Å². The van der Waals surface area contributed by atoms with Crippen LogP contribution in [0.15, 0.2) is 54.6 Å². The average Bonchev–Trinajstić information content (AvgIpc) is 2.49. The lowest BCUT2D eigenvalue weighted by Gasteiger charge is -2.07. The predicted octanol–water partition coefficient (Wildman–Crippen LogP) is 3.15. The molecular weight excluding hydrogens is 260 g/mol. The monoisotopic (exact) mass is 282 g/mol. The number of hydrogen-bond donors (Lipinski definition) is 2. The first-order valence-electron chi connectivity index (χ1n) is 7.41. The number of carbonyl (C=O) groups is 1. The minimum Gasteiger partial charge on any atom is -0.330 e. The van der Waals surface area contributed by atoms with Crippen LogP contribution in [-0.4, -0.2) is 12.5 Å². The summed E-state index contributed by atoms with van der Waals surface area (Å²) in [5.74, 6) is -0.0288. The van der Waals surface area contributed by atoms with Gasteiger partial charge in [0.25, 0.3) is 0 Å². The third kappa shape index (κ3) is 5.40. The summed E-state index contributed by atoms with van der Waals surface area (Å²) in [6, 6.07) is 18.5. The maximum absolute atomic E-state index is 11.5. The molecule has 0 fully saturated rings. The van der Waals surface area contributed by atoms with Gasteiger partial charge in [-0.25, -0.2) is 0 Å². The molecule has 0 atom stereocenters. The molecule has 110 valence electrons. The molecule has 3 N–H and O–H groups in total. The molecule has 3 heteroatoms. The molecule has 0 spiro atoms. The quantitative estimate of drug-likeness (QED) is 0.819. The Hall–Kier alpha value is -2.13. The highest BCUT2D eigenvalue weighted by molar-refractivity contribution is 5.90. The Morgan fingerprint density at radius 2 is 1.67 bits per heavy atom. The third-order valence-electron chi connectivity index (χ3n) is 3.36. The maximum atomic E-state index is 11.5. The number of nitrogens with one attached hydrogen (secondary N) is 1. The molecule has 1 amide bonds. The normalized spacial score (nSPS) is 10.3. The van der Waals surface area contributed by atoms with Crippen molar-refractivity contribution >= 4 is 11.6 Å². The van der Waals surface area contributed by atoms with Crippen LogP contribution in [-0.2, 0) is 17.6 Å². The van der Waals surface area contributed by atoms with Gasteiger partial charge in [-0.3, -0.25) is 4.79 Å². The first kappa shape index (κ1) is 15.3. The van der Waals surface area contributed by atoms with Crippen LogP contribution in [0.4, 0.5) is 5.69 Å². The molecule has 2 aromatic rings. The van der Waals surface area contributed by atoms with Gasteiger partial charge in [0.2, 0.25) is 5.91 Å². The second-order valence-corrected chi connectivity index (χ2v) is 5.13. The van der Waals surface area contributed by atoms with Gasteiger partial charge in [0.15, 0.2) is 0 Å². The number of aryl methyl sites for hydroxylation is 2. The fourth-order valence-electron chi connectivity index (χ4n) is 2.30. The van der Waals surface area contributed by atoms with E-state index in [1.165, 1.54) is 11.1 Å². The van der Waals surface area contributed by atoms with Crippen LogP contribution in [0.2, 0.25) is 0 Å². The van der Waals surface area contributed by atoms with E-state index in [4.69, 9.17) is 5.73 Å². The van der Waals surface area contributed by atoms with Gasteiger partial charge in [0.1, 0.15) is 0 Å².